The van der Waals surface area contributed by atoms with Gasteiger partial charge in [-0.05, 0) is 60.4 Å². The van der Waals surface area contributed by atoms with Crippen LogP contribution in [0, 0.1) is 13.8 Å². The molecule has 0 radical (unpaired) electrons. The quantitative estimate of drug-likeness (QED) is 0.487. The Labute approximate surface area is 167 Å². The average molecular weight is 385 g/mol. The zero-order valence-electron chi connectivity index (χ0n) is 15.6. The van der Waals surface area contributed by atoms with Crippen molar-refractivity contribution in [2.45, 2.75) is 13.8 Å². The van der Waals surface area contributed by atoms with Crippen molar-refractivity contribution in [3.8, 4) is 21.7 Å². The molecule has 0 atom stereocenters. The fourth-order valence-corrected chi connectivity index (χ4v) is 3.73. The van der Waals surface area contributed by atoms with Crippen molar-refractivity contribution in [1.29, 1.82) is 0 Å². The summed E-state index contributed by atoms with van der Waals surface area (Å²) < 4.78 is 0. The summed E-state index contributed by atoms with van der Waals surface area (Å²) in [6.07, 6.45) is 5.14. The van der Waals surface area contributed by atoms with Gasteiger partial charge in [-0.2, -0.15) is 0 Å². The highest BCUT2D eigenvalue weighted by molar-refractivity contribution is 7.13. The maximum Gasteiger partial charge on any atom is 0.256 e. The van der Waals surface area contributed by atoms with Gasteiger partial charge in [-0.25, -0.2) is 4.98 Å². The molecule has 0 spiro atoms. The van der Waals surface area contributed by atoms with Crippen molar-refractivity contribution in [3.63, 3.8) is 0 Å². The second kappa shape index (κ2) is 7.74. The van der Waals surface area contributed by atoms with Gasteiger partial charge >= 0.3 is 0 Å². The summed E-state index contributed by atoms with van der Waals surface area (Å²) in [4.78, 5) is 20.9. The van der Waals surface area contributed by atoms with Crippen LogP contribution in [0.4, 0.5) is 5.69 Å². The first-order chi connectivity index (χ1) is 13.6. The van der Waals surface area contributed by atoms with Gasteiger partial charge in [-0.15, -0.1) is 11.3 Å². The van der Waals surface area contributed by atoms with Gasteiger partial charge < -0.3 is 5.32 Å². The number of thiazole rings is 1. The van der Waals surface area contributed by atoms with Crippen LogP contribution in [-0.4, -0.2) is 15.9 Å². The van der Waals surface area contributed by atoms with E-state index in [1.165, 1.54) is 5.56 Å². The largest absolute Gasteiger partial charge is 0.322 e. The van der Waals surface area contributed by atoms with Gasteiger partial charge in [0.05, 0.1) is 0 Å². The number of hydrogen-bond donors (Lipinski definition) is 1. The van der Waals surface area contributed by atoms with Gasteiger partial charge in [0.2, 0.25) is 0 Å². The zero-order valence-corrected chi connectivity index (χ0v) is 16.5. The molecule has 2 heterocycles. The lowest BCUT2D eigenvalue weighted by Crippen LogP contribution is -2.13. The normalized spacial score (nSPS) is 10.6. The minimum absolute atomic E-state index is 0.130. The molecule has 0 aliphatic heterocycles. The Kier molecular flexibility index (Phi) is 5.00. The van der Waals surface area contributed by atoms with Gasteiger partial charge in [0, 0.05) is 40.8 Å². The van der Waals surface area contributed by atoms with Crippen molar-refractivity contribution in [3.05, 3.63) is 89.2 Å². The number of hydrogen-bond acceptors (Lipinski definition) is 4. The smallest absolute Gasteiger partial charge is 0.256 e. The molecule has 5 heteroatoms. The van der Waals surface area contributed by atoms with E-state index in [0.717, 1.165) is 32.9 Å². The molecule has 0 bridgehead atoms. The number of anilines is 1. The Balaban J connectivity index is 1.58. The topological polar surface area (TPSA) is 54.9 Å². The molecule has 0 saturated heterocycles. The molecule has 138 valence electrons. The molecule has 0 saturated carbocycles. The Bertz CT molecular complexity index is 1120. The van der Waals surface area contributed by atoms with E-state index in [1.54, 1.807) is 29.8 Å². The number of amides is 1. The number of rotatable bonds is 4. The Hall–Kier alpha value is -3.31. The number of aromatic nitrogens is 2. The summed E-state index contributed by atoms with van der Waals surface area (Å²) in [5.74, 6) is -0.130. The van der Waals surface area contributed by atoms with E-state index in [4.69, 9.17) is 0 Å². The Morgan fingerprint density at radius 1 is 0.929 bits per heavy atom. The number of carbonyl (C=O) groups is 1. The fourth-order valence-electron chi connectivity index (χ4n) is 3.09. The van der Waals surface area contributed by atoms with Crippen LogP contribution >= 0.6 is 11.3 Å². The molecule has 4 rings (SSSR count). The summed E-state index contributed by atoms with van der Waals surface area (Å²) in [5.41, 5.74) is 6.83. The molecule has 28 heavy (non-hydrogen) atoms. The maximum atomic E-state index is 12.5. The monoisotopic (exact) mass is 385 g/mol. The molecular formula is C23H19N3OS. The molecule has 4 aromatic rings. The molecule has 2 aromatic heterocycles. The molecule has 1 N–H and O–H groups in total. The van der Waals surface area contributed by atoms with Crippen LogP contribution in [0.2, 0.25) is 0 Å². The highest BCUT2D eigenvalue weighted by Crippen LogP contribution is 2.31. The van der Waals surface area contributed by atoms with E-state index in [1.807, 2.05) is 42.8 Å². The highest BCUT2D eigenvalue weighted by Gasteiger charge is 2.10. The van der Waals surface area contributed by atoms with Gasteiger partial charge in [-0.3, -0.25) is 9.78 Å². The minimum atomic E-state index is -0.130. The summed E-state index contributed by atoms with van der Waals surface area (Å²) in [5, 5.41) is 5.95. The third-order valence-electron chi connectivity index (χ3n) is 4.64. The minimum Gasteiger partial charge on any atom is -0.322 e. The standard InChI is InChI=1S/C23H19N3OS/c1-15-3-4-18(23-25-11-12-28-23)13-21(15)17-5-7-19(8-6-17)26-22(27)20-9-10-24-14-16(20)2/h3-14H,1-2H3,(H,26,27). The van der Waals surface area contributed by atoms with Crippen LogP contribution in [0.3, 0.4) is 0 Å². The van der Waals surface area contributed by atoms with E-state index in [2.05, 4.69) is 40.4 Å². The number of carbonyl (C=O) groups excluding carboxylic acids is 1. The van der Waals surface area contributed by atoms with Crippen molar-refractivity contribution in [2.75, 3.05) is 5.32 Å². The average Bonchev–Trinajstić information content (AvgIpc) is 3.24. The molecular weight excluding hydrogens is 366 g/mol. The van der Waals surface area contributed by atoms with Crippen LogP contribution in [0.5, 0.6) is 0 Å². The van der Waals surface area contributed by atoms with Crippen LogP contribution in [0.15, 0.2) is 72.5 Å². The van der Waals surface area contributed by atoms with E-state index >= 15 is 0 Å². The third kappa shape index (κ3) is 3.70. The number of nitrogens with one attached hydrogen (secondary N) is 1. The molecule has 0 unspecified atom stereocenters. The number of nitrogens with zero attached hydrogens (tertiary/aromatic N) is 2. The molecule has 0 aliphatic rings. The van der Waals surface area contributed by atoms with Crippen LogP contribution in [-0.2, 0) is 0 Å². The predicted molar refractivity (Wildman–Crippen MR) is 115 cm³/mol. The van der Waals surface area contributed by atoms with E-state index in [0.29, 0.717) is 5.56 Å². The number of pyridine rings is 1. The van der Waals surface area contributed by atoms with Crippen molar-refractivity contribution >= 4 is 22.9 Å². The predicted octanol–water partition coefficient (Wildman–Crippen LogP) is 5.74. The lowest BCUT2D eigenvalue weighted by Gasteiger charge is -2.11. The molecule has 1 amide bonds. The fraction of sp³-hybridized carbons (Fsp3) is 0.0870. The lowest BCUT2D eigenvalue weighted by atomic mass is 9.98. The Morgan fingerprint density at radius 2 is 1.71 bits per heavy atom. The Morgan fingerprint density at radius 3 is 2.43 bits per heavy atom. The lowest BCUT2D eigenvalue weighted by molar-refractivity contribution is 0.102. The summed E-state index contributed by atoms with van der Waals surface area (Å²) in [6.45, 7) is 3.98. The van der Waals surface area contributed by atoms with Gasteiger partial charge in [0.1, 0.15) is 5.01 Å². The SMILES string of the molecule is Cc1cnccc1C(=O)Nc1ccc(-c2cc(-c3nccs3)ccc2C)cc1. The van der Waals surface area contributed by atoms with Gasteiger partial charge in [-0.1, -0.05) is 24.3 Å². The highest BCUT2D eigenvalue weighted by atomic mass is 32.1. The second-order valence-electron chi connectivity index (χ2n) is 6.59. The molecule has 2 aromatic carbocycles. The molecule has 0 aliphatic carbocycles. The second-order valence-corrected chi connectivity index (χ2v) is 7.48. The van der Waals surface area contributed by atoms with Crippen molar-refractivity contribution < 1.29 is 4.79 Å². The van der Waals surface area contributed by atoms with Crippen molar-refractivity contribution in [2.24, 2.45) is 0 Å². The first-order valence-corrected chi connectivity index (χ1v) is 9.83. The first-order valence-electron chi connectivity index (χ1n) is 8.95. The van der Waals surface area contributed by atoms with Gasteiger partial charge in [0.15, 0.2) is 0 Å². The van der Waals surface area contributed by atoms with E-state index < -0.39 is 0 Å². The zero-order chi connectivity index (χ0) is 19.5. The van der Waals surface area contributed by atoms with Crippen LogP contribution < -0.4 is 5.32 Å². The third-order valence-corrected chi connectivity index (χ3v) is 5.46. The maximum absolute atomic E-state index is 12.5. The number of aryl methyl sites for hydroxylation is 2. The first kappa shape index (κ1) is 18.1. The summed E-state index contributed by atoms with van der Waals surface area (Å²) in [7, 11) is 0. The number of benzene rings is 2. The summed E-state index contributed by atoms with van der Waals surface area (Å²) in [6, 6.07) is 16.0. The molecule has 0 fully saturated rings. The van der Waals surface area contributed by atoms with Crippen LogP contribution in [0.25, 0.3) is 21.7 Å². The van der Waals surface area contributed by atoms with Crippen molar-refractivity contribution in [1.82, 2.24) is 9.97 Å². The summed E-state index contributed by atoms with van der Waals surface area (Å²) >= 11 is 1.63. The van der Waals surface area contributed by atoms with Gasteiger partial charge in [0.25, 0.3) is 5.91 Å². The molecule has 4 nitrogen and oxygen atoms in total. The van der Waals surface area contributed by atoms with E-state index in [9.17, 15) is 4.79 Å². The van der Waals surface area contributed by atoms with Crippen LogP contribution in [0.1, 0.15) is 21.5 Å². The van der Waals surface area contributed by atoms with E-state index in [-0.39, 0.29) is 5.91 Å².